The van der Waals surface area contributed by atoms with Crippen molar-refractivity contribution in [1.82, 2.24) is 14.8 Å². The molecule has 4 rings (SSSR count). The number of nitrogens with zero attached hydrogens (tertiary/aromatic N) is 3. The van der Waals surface area contributed by atoms with Crippen LogP contribution in [0.4, 0.5) is 5.00 Å². The van der Waals surface area contributed by atoms with E-state index in [0.717, 1.165) is 31.5 Å². The summed E-state index contributed by atoms with van der Waals surface area (Å²) in [6.07, 6.45) is 0. The fraction of sp³-hybridized carbons (Fsp3) is 0.211. The summed E-state index contributed by atoms with van der Waals surface area (Å²) in [5.74, 6) is -0.197. The second-order valence-corrected chi connectivity index (χ2v) is 8.26. The van der Waals surface area contributed by atoms with Gasteiger partial charge in [-0.3, -0.25) is 9.48 Å². The van der Waals surface area contributed by atoms with Gasteiger partial charge in [0.1, 0.15) is 10.0 Å². The summed E-state index contributed by atoms with van der Waals surface area (Å²) >= 11 is 3.12. The van der Waals surface area contributed by atoms with Crippen molar-refractivity contribution < 1.29 is 4.79 Å². The molecule has 132 valence electrons. The summed E-state index contributed by atoms with van der Waals surface area (Å²) in [7, 11) is 0. The molecule has 0 aliphatic heterocycles. The second-order valence-electron chi connectivity index (χ2n) is 6.31. The molecule has 0 aliphatic carbocycles. The third kappa shape index (κ3) is 3.04. The molecule has 0 bridgehead atoms. The molecule has 0 radical (unpaired) electrons. The molecule has 3 heterocycles. The molecular formula is C19H18N4OS2. The van der Waals surface area contributed by atoms with Gasteiger partial charge in [0.2, 0.25) is 0 Å². The summed E-state index contributed by atoms with van der Waals surface area (Å²) in [4.78, 5) is 17.4. The van der Waals surface area contributed by atoms with Crippen molar-refractivity contribution in [3.8, 4) is 10.6 Å². The van der Waals surface area contributed by atoms with E-state index in [9.17, 15) is 4.79 Å². The number of thiazole rings is 1. The molecule has 0 saturated carbocycles. The Morgan fingerprint density at radius 3 is 2.77 bits per heavy atom. The van der Waals surface area contributed by atoms with Gasteiger partial charge in [-0.2, -0.15) is 5.10 Å². The topological polar surface area (TPSA) is 59.8 Å². The minimum Gasteiger partial charge on any atom is -0.312 e. The number of aryl methyl sites for hydroxylation is 1. The number of anilines is 1. The van der Waals surface area contributed by atoms with Crippen LogP contribution in [0.3, 0.4) is 0 Å². The largest absolute Gasteiger partial charge is 0.312 e. The molecule has 7 heteroatoms. The average Bonchev–Trinajstić information content (AvgIpc) is 3.31. The van der Waals surface area contributed by atoms with Crippen molar-refractivity contribution in [3.05, 3.63) is 53.2 Å². The summed E-state index contributed by atoms with van der Waals surface area (Å²) < 4.78 is 3.00. The molecule has 0 unspecified atom stereocenters. The lowest BCUT2D eigenvalue weighted by atomic mass is 10.3. The number of rotatable bonds is 4. The Labute approximate surface area is 159 Å². The number of hydrogen-bond donors (Lipinski definition) is 1. The van der Waals surface area contributed by atoms with E-state index >= 15 is 0 Å². The van der Waals surface area contributed by atoms with Crippen LogP contribution in [-0.4, -0.2) is 20.7 Å². The van der Waals surface area contributed by atoms with Crippen molar-refractivity contribution in [2.45, 2.75) is 26.8 Å². The maximum atomic E-state index is 12.7. The van der Waals surface area contributed by atoms with Gasteiger partial charge in [0.25, 0.3) is 5.91 Å². The van der Waals surface area contributed by atoms with Crippen LogP contribution >= 0.6 is 22.7 Å². The molecule has 0 atom stereocenters. The standard InChI is InChI=1S/C19H18N4OS2/c1-11(2)23-12(3)10-15(22-23)17(24)21-18-13(8-9-25-18)19-20-14-6-4-5-7-16(14)26-19/h4-11H,1-3H3,(H,21,24). The van der Waals surface area contributed by atoms with Gasteiger partial charge in [0, 0.05) is 17.3 Å². The zero-order chi connectivity index (χ0) is 18.3. The molecular weight excluding hydrogens is 364 g/mol. The van der Waals surface area contributed by atoms with Gasteiger partial charge in [-0.25, -0.2) is 4.98 Å². The Kier molecular flexibility index (Phi) is 4.34. The SMILES string of the molecule is Cc1cc(C(=O)Nc2sccc2-c2nc3ccccc3s2)nn1C(C)C. The number of benzene rings is 1. The van der Waals surface area contributed by atoms with Crippen LogP contribution in [0.25, 0.3) is 20.8 Å². The van der Waals surface area contributed by atoms with Crippen LogP contribution in [0.1, 0.15) is 36.1 Å². The Balaban J connectivity index is 1.63. The van der Waals surface area contributed by atoms with Gasteiger partial charge < -0.3 is 5.32 Å². The van der Waals surface area contributed by atoms with Gasteiger partial charge in [-0.1, -0.05) is 12.1 Å². The highest BCUT2D eigenvalue weighted by Crippen LogP contribution is 2.37. The number of para-hydroxylation sites is 1. The number of fused-ring (bicyclic) bond motifs is 1. The third-order valence-corrected chi connectivity index (χ3v) is 5.96. The minimum absolute atomic E-state index is 0.197. The number of aromatic nitrogens is 3. The van der Waals surface area contributed by atoms with Crippen molar-refractivity contribution in [1.29, 1.82) is 0 Å². The highest BCUT2D eigenvalue weighted by molar-refractivity contribution is 7.22. The van der Waals surface area contributed by atoms with Crippen LogP contribution in [0.5, 0.6) is 0 Å². The molecule has 1 aromatic carbocycles. The quantitative estimate of drug-likeness (QED) is 0.517. The number of nitrogens with one attached hydrogen (secondary N) is 1. The van der Waals surface area contributed by atoms with E-state index in [0.29, 0.717) is 5.69 Å². The molecule has 0 aliphatic rings. The highest BCUT2D eigenvalue weighted by Gasteiger charge is 2.18. The van der Waals surface area contributed by atoms with Crippen molar-refractivity contribution >= 4 is 43.8 Å². The lowest BCUT2D eigenvalue weighted by Crippen LogP contribution is -2.13. The molecule has 3 aromatic heterocycles. The van der Waals surface area contributed by atoms with E-state index in [2.05, 4.69) is 16.5 Å². The molecule has 0 saturated heterocycles. The fourth-order valence-corrected chi connectivity index (χ4v) is 4.70. The van der Waals surface area contributed by atoms with Crippen LogP contribution in [0.2, 0.25) is 0 Å². The van der Waals surface area contributed by atoms with Crippen molar-refractivity contribution in [3.63, 3.8) is 0 Å². The lowest BCUT2D eigenvalue weighted by Gasteiger charge is -2.07. The molecule has 1 N–H and O–H groups in total. The van der Waals surface area contributed by atoms with Crippen molar-refractivity contribution in [2.75, 3.05) is 5.32 Å². The minimum atomic E-state index is -0.197. The molecule has 5 nitrogen and oxygen atoms in total. The predicted octanol–water partition coefficient (Wildman–Crippen LogP) is 5.36. The lowest BCUT2D eigenvalue weighted by molar-refractivity contribution is 0.102. The Morgan fingerprint density at radius 1 is 1.23 bits per heavy atom. The number of thiophene rings is 1. The van der Waals surface area contributed by atoms with Gasteiger partial charge in [-0.15, -0.1) is 22.7 Å². The third-order valence-electron chi connectivity index (χ3n) is 4.06. The second kappa shape index (κ2) is 6.66. The Bertz CT molecular complexity index is 1060. The first-order valence-electron chi connectivity index (χ1n) is 8.34. The average molecular weight is 383 g/mol. The highest BCUT2D eigenvalue weighted by atomic mass is 32.1. The monoisotopic (exact) mass is 382 g/mol. The summed E-state index contributed by atoms with van der Waals surface area (Å²) in [5, 5.41) is 11.1. The smallest absolute Gasteiger partial charge is 0.276 e. The maximum absolute atomic E-state index is 12.7. The normalized spacial score (nSPS) is 11.4. The van der Waals surface area contributed by atoms with Gasteiger partial charge in [0.15, 0.2) is 5.69 Å². The zero-order valence-corrected chi connectivity index (χ0v) is 16.3. The maximum Gasteiger partial charge on any atom is 0.276 e. The van der Waals surface area contributed by atoms with Crippen LogP contribution in [0, 0.1) is 6.92 Å². The van der Waals surface area contributed by atoms with E-state index in [1.165, 1.54) is 11.3 Å². The number of hydrogen-bond acceptors (Lipinski definition) is 5. The van der Waals surface area contributed by atoms with Crippen molar-refractivity contribution in [2.24, 2.45) is 0 Å². The first-order valence-corrected chi connectivity index (χ1v) is 10.0. The Hall–Kier alpha value is -2.51. The van der Waals surface area contributed by atoms with E-state index in [1.807, 2.05) is 61.2 Å². The van der Waals surface area contributed by atoms with E-state index < -0.39 is 0 Å². The first-order chi connectivity index (χ1) is 12.5. The molecule has 0 fully saturated rings. The first kappa shape index (κ1) is 16.9. The number of amides is 1. The predicted molar refractivity (Wildman–Crippen MR) is 108 cm³/mol. The molecule has 4 aromatic rings. The fourth-order valence-electron chi connectivity index (χ4n) is 2.85. The van der Waals surface area contributed by atoms with Crippen LogP contribution in [0.15, 0.2) is 41.8 Å². The molecule has 0 spiro atoms. The number of carbonyl (C=O) groups is 1. The molecule has 26 heavy (non-hydrogen) atoms. The van der Waals surface area contributed by atoms with Gasteiger partial charge in [-0.05, 0) is 50.4 Å². The van der Waals surface area contributed by atoms with E-state index in [1.54, 1.807) is 11.3 Å². The summed E-state index contributed by atoms with van der Waals surface area (Å²) in [6.45, 7) is 6.06. The van der Waals surface area contributed by atoms with E-state index in [-0.39, 0.29) is 11.9 Å². The number of carbonyl (C=O) groups excluding carboxylic acids is 1. The van der Waals surface area contributed by atoms with Gasteiger partial charge >= 0.3 is 0 Å². The Morgan fingerprint density at radius 2 is 2.04 bits per heavy atom. The summed E-state index contributed by atoms with van der Waals surface area (Å²) in [6, 6.07) is 12.1. The van der Waals surface area contributed by atoms with Crippen LogP contribution in [-0.2, 0) is 0 Å². The van der Waals surface area contributed by atoms with E-state index in [4.69, 9.17) is 4.98 Å². The zero-order valence-electron chi connectivity index (χ0n) is 14.7. The molecule has 1 amide bonds. The van der Waals surface area contributed by atoms with Crippen LogP contribution < -0.4 is 5.32 Å². The van der Waals surface area contributed by atoms with Gasteiger partial charge in [0.05, 0.1) is 10.2 Å². The summed E-state index contributed by atoms with van der Waals surface area (Å²) in [5.41, 5.74) is 3.33.